The number of hydrogen-bond donors (Lipinski definition) is 9. The minimum Gasteiger partial charge on any atom is -0.508 e. The maximum absolute atomic E-state index is 13.4. The zero-order valence-electron chi connectivity index (χ0n) is 23.1. The first-order chi connectivity index (χ1) is 19.6. The van der Waals surface area contributed by atoms with Gasteiger partial charge in [0.05, 0.1) is 12.4 Å². The van der Waals surface area contributed by atoms with Gasteiger partial charge in [0.2, 0.25) is 17.7 Å². The SMILES string of the molecule is NCCCCC(N)C(=O)NC(Cc1cnc[nH]1)C(=O)NC(CCCCN)C(=O)NC(Cc1ccc(O)cc1)C(=O)O. The lowest BCUT2D eigenvalue weighted by atomic mass is 10.0. The van der Waals surface area contributed by atoms with Gasteiger partial charge in [-0.2, -0.15) is 0 Å². The Morgan fingerprint density at radius 2 is 1.39 bits per heavy atom. The third-order valence-corrected chi connectivity index (χ3v) is 6.49. The quantitative estimate of drug-likeness (QED) is 0.0927. The van der Waals surface area contributed by atoms with E-state index in [4.69, 9.17) is 17.2 Å². The fourth-order valence-corrected chi connectivity index (χ4v) is 4.12. The highest BCUT2D eigenvalue weighted by atomic mass is 16.4. The van der Waals surface area contributed by atoms with Crippen molar-refractivity contribution < 1.29 is 29.4 Å². The molecule has 14 heteroatoms. The lowest BCUT2D eigenvalue weighted by Crippen LogP contribution is -2.57. The second-order valence-electron chi connectivity index (χ2n) is 9.85. The lowest BCUT2D eigenvalue weighted by molar-refractivity contribution is -0.142. The molecule has 0 spiro atoms. The molecule has 0 saturated heterocycles. The Hall–Kier alpha value is -4.01. The van der Waals surface area contributed by atoms with Gasteiger partial charge in [-0.05, 0) is 62.9 Å². The van der Waals surface area contributed by atoms with E-state index in [1.165, 1.54) is 24.7 Å². The number of nitrogens with two attached hydrogens (primary N) is 3. The van der Waals surface area contributed by atoms with E-state index in [2.05, 4.69) is 25.9 Å². The average Bonchev–Trinajstić information content (AvgIpc) is 3.46. The first-order valence-electron chi connectivity index (χ1n) is 13.7. The molecule has 1 heterocycles. The van der Waals surface area contributed by atoms with Crippen LogP contribution in [-0.4, -0.2) is 81.1 Å². The van der Waals surface area contributed by atoms with Gasteiger partial charge in [0.15, 0.2) is 0 Å². The fourth-order valence-electron chi connectivity index (χ4n) is 4.12. The summed E-state index contributed by atoms with van der Waals surface area (Å²) in [5.74, 6) is -3.08. The van der Waals surface area contributed by atoms with Gasteiger partial charge in [-0.25, -0.2) is 9.78 Å². The number of rotatable bonds is 19. The predicted octanol–water partition coefficient (Wildman–Crippen LogP) is -0.975. The number of carbonyl (C=O) groups excluding carboxylic acids is 3. The summed E-state index contributed by atoms with van der Waals surface area (Å²) in [5.41, 5.74) is 18.3. The van der Waals surface area contributed by atoms with Crippen molar-refractivity contribution in [1.82, 2.24) is 25.9 Å². The number of nitrogens with zero attached hydrogens (tertiary/aromatic N) is 1. The second kappa shape index (κ2) is 17.6. The normalized spacial score (nSPS) is 13.9. The van der Waals surface area contributed by atoms with Gasteiger partial charge in [-0.15, -0.1) is 0 Å². The number of phenols is 1. The molecule has 0 fully saturated rings. The molecule has 41 heavy (non-hydrogen) atoms. The Morgan fingerprint density at radius 1 is 0.805 bits per heavy atom. The molecule has 0 aliphatic heterocycles. The van der Waals surface area contributed by atoms with Crippen molar-refractivity contribution >= 4 is 23.7 Å². The summed E-state index contributed by atoms with van der Waals surface area (Å²) in [6.07, 6.45) is 6.01. The van der Waals surface area contributed by atoms with Crippen molar-refractivity contribution in [3.05, 3.63) is 48.0 Å². The number of carboxylic acids is 1. The first-order valence-corrected chi connectivity index (χ1v) is 13.7. The van der Waals surface area contributed by atoms with Gasteiger partial charge in [0, 0.05) is 24.7 Å². The monoisotopic (exact) mass is 574 g/mol. The van der Waals surface area contributed by atoms with Crippen molar-refractivity contribution in [2.75, 3.05) is 13.1 Å². The first kappa shape index (κ1) is 33.2. The van der Waals surface area contributed by atoms with Gasteiger partial charge in [0.25, 0.3) is 0 Å². The maximum atomic E-state index is 13.4. The Balaban J connectivity index is 2.17. The number of carbonyl (C=O) groups is 4. The molecule has 0 radical (unpaired) electrons. The van der Waals surface area contributed by atoms with Gasteiger partial charge in [-0.1, -0.05) is 18.6 Å². The number of aromatic amines is 1. The van der Waals surface area contributed by atoms with Gasteiger partial charge in [-0.3, -0.25) is 14.4 Å². The van der Waals surface area contributed by atoms with E-state index in [0.717, 1.165) is 0 Å². The molecule has 0 saturated carbocycles. The van der Waals surface area contributed by atoms with Crippen LogP contribution in [0.1, 0.15) is 49.8 Å². The Bertz CT molecular complexity index is 1100. The summed E-state index contributed by atoms with van der Waals surface area (Å²) < 4.78 is 0. The summed E-state index contributed by atoms with van der Waals surface area (Å²) in [6, 6.07) is 1.65. The highest BCUT2D eigenvalue weighted by molar-refractivity contribution is 5.94. The Labute approximate surface area is 238 Å². The highest BCUT2D eigenvalue weighted by Crippen LogP contribution is 2.12. The number of aromatic hydroxyl groups is 1. The van der Waals surface area contributed by atoms with Crippen LogP contribution in [0.4, 0.5) is 0 Å². The van der Waals surface area contributed by atoms with Crippen LogP contribution in [0.15, 0.2) is 36.8 Å². The van der Waals surface area contributed by atoms with Gasteiger partial charge in [0.1, 0.15) is 23.9 Å². The van der Waals surface area contributed by atoms with E-state index in [-0.39, 0.29) is 25.0 Å². The van der Waals surface area contributed by atoms with Crippen molar-refractivity contribution in [2.24, 2.45) is 17.2 Å². The number of H-pyrrole nitrogens is 1. The minimum absolute atomic E-state index is 0.0284. The van der Waals surface area contributed by atoms with E-state index < -0.39 is 47.9 Å². The predicted molar refractivity (Wildman–Crippen MR) is 151 cm³/mol. The zero-order valence-corrected chi connectivity index (χ0v) is 23.1. The molecule has 4 atom stereocenters. The summed E-state index contributed by atoms with van der Waals surface area (Å²) in [7, 11) is 0. The molecule has 0 aliphatic carbocycles. The van der Waals surface area contributed by atoms with Crippen LogP contribution >= 0.6 is 0 Å². The van der Waals surface area contributed by atoms with Crippen LogP contribution in [0, 0.1) is 0 Å². The standard InChI is InChI=1S/C27H42N8O6/c28-11-3-1-5-20(30)24(37)34-22(14-18-15-31-16-32-18)26(39)33-21(6-2-4-12-29)25(38)35-23(27(40)41)13-17-7-9-19(36)10-8-17/h7-10,15-16,20-23,36H,1-6,11-14,28-30H2,(H,31,32)(H,33,39)(H,34,37)(H,35,38)(H,40,41). The number of imidazole rings is 1. The molecule has 3 amide bonds. The van der Waals surface area contributed by atoms with E-state index >= 15 is 0 Å². The summed E-state index contributed by atoms with van der Waals surface area (Å²) in [5, 5.41) is 27.1. The summed E-state index contributed by atoms with van der Waals surface area (Å²) >= 11 is 0. The van der Waals surface area contributed by atoms with E-state index in [0.29, 0.717) is 56.5 Å². The number of nitrogens with one attached hydrogen (secondary N) is 4. The van der Waals surface area contributed by atoms with Crippen LogP contribution < -0.4 is 33.2 Å². The molecule has 1 aromatic heterocycles. The number of aromatic nitrogens is 2. The molecule has 1 aromatic carbocycles. The zero-order chi connectivity index (χ0) is 30.2. The minimum atomic E-state index is -1.28. The van der Waals surface area contributed by atoms with Gasteiger partial charge >= 0.3 is 5.97 Å². The van der Waals surface area contributed by atoms with Crippen molar-refractivity contribution in [3.8, 4) is 5.75 Å². The van der Waals surface area contributed by atoms with Crippen LogP contribution in [-0.2, 0) is 32.0 Å². The fraction of sp³-hybridized carbons (Fsp3) is 0.519. The third-order valence-electron chi connectivity index (χ3n) is 6.49. The number of phenolic OH excluding ortho intramolecular Hbond substituents is 1. The third kappa shape index (κ3) is 11.9. The molecule has 12 N–H and O–H groups in total. The molecule has 226 valence electrons. The summed E-state index contributed by atoms with van der Waals surface area (Å²) in [4.78, 5) is 58.2. The van der Waals surface area contributed by atoms with Crippen LogP contribution in [0.3, 0.4) is 0 Å². The highest BCUT2D eigenvalue weighted by Gasteiger charge is 2.30. The number of amides is 3. The molecule has 14 nitrogen and oxygen atoms in total. The lowest BCUT2D eigenvalue weighted by Gasteiger charge is -2.25. The topological polar surface area (TPSA) is 252 Å². The van der Waals surface area contributed by atoms with Crippen molar-refractivity contribution in [1.29, 1.82) is 0 Å². The second-order valence-corrected chi connectivity index (χ2v) is 9.85. The molecule has 0 aliphatic rings. The van der Waals surface area contributed by atoms with Crippen molar-refractivity contribution in [3.63, 3.8) is 0 Å². The van der Waals surface area contributed by atoms with Crippen LogP contribution in [0.5, 0.6) is 5.75 Å². The van der Waals surface area contributed by atoms with Gasteiger partial charge < -0.3 is 48.3 Å². The summed E-state index contributed by atoms with van der Waals surface area (Å²) in [6.45, 7) is 0.853. The Kier molecular flexibility index (Phi) is 14.3. The number of unbranched alkanes of at least 4 members (excludes halogenated alkanes) is 2. The molecular formula is C27H42N8O6. The van der Waals surface area contributed by atoms with Crippen LogP contribution in [0.2, 0.25) is 0 Å². The molecule has 4 unspecified atom stereocenters. The van der Waals surface area contributed by atoms with E-state index in [9.17, 15) is 29.4 Å². The number of aliphatic carboxylic acids is 1. The molecule has 2 aromatic rings. The molecular weight excluding hydrogens is 532 g/mol. The number of hydrogen-bond acceptors (Lipinski definition) is 9. The Morgan fingerprint density at radius 3 is 1.98 bits per heavy atom. The average molecular weight is 575 g/mol. The van der Waals surface area contributed by atoms with Crippen LogP contribution in [0.25, 0.3) is 0 Å². The van der Waals surface area contributed by atoms with E-state index in [1.807, 2.05) is 0 Å². The van der Waals surface area contributed by atoms with E-state index in [1.54, 1.807) is 12.1 Å². The molecule has 2 rings (SSSR count). The number of carboxylic acid groups (broad SMARTS) is 1. The smallest absolute Gasteiger partial charge is 0.326 e. The maximum Gasteiger partial charge on any atom is 0.326 e. The largest absolute Gasteiger partial charge is 0.508 e. The number of benzene rings is 1. The molecule has 0 bridgehead atoms. The van der Waals surface area contributed by atoms with Crippen molar-refractivity contribution in [2.45, 2.75) is 75.5 Å².